The number of methoxy groups -OCH3 is 2. The zero-order valence-electron chi connectivity index (χ0n) is 14.0. The number of benzene rings is 2. The van der Waals surface area contributed by atoms with E-state index in [2.05, 4.69) is 31.9 Å². The lowest BCUT2D eigenvalue weighted by Gasteiger charge is -2.19. The summed E-state index contributed by atoms with van der Waals surface area (Å²) in [5.74, 6) is 0.835. The summed E-state index contributed by atoms with van der Waals surface area (Å²) in [7, 11) is 3.14. The van der Waals surface area contributed by atoms with Gasteiger partial charge in [-0.15, -0.1) is 0 Å². The summed E-state index contributed by atoms with van der Waals surface area (Å²) >= 11 is 6.65. The maximum Gasteiger partial charge on any atom is 0.202 e. The number of carbonyl (C=O) groups excluding carboxylic acids is 2. The second-order valence-electron chi connectivity index (χ2n) is 5.49. The summed E-state index contributed by atoms with van der Waals surface area (Å²) in [5, 5.41) is 0. The van der Waals surface area contributed by atoms with Crippen LogP contribution in [0.15, 0.2) is 57.5 Å². The van der Waals surface area contributed by atoms with Crippen LogP contribution >= 0.6 is 31.9 Å². The maximum atomic E-state index is 12.9. The fraction of sp³-hybridized carbons (Fsp3) is 0.100. The third-order valence-corrected chi connectivity index (χ3v) is 5.56. The largest absolute Gasteiger partial charge is 0.497 e. The molecule has 3 rings (SSSR count). The SMILES string of the molecule is COc1ccc(C2=C(Br)C(=O)C(c3ccc(OC)cc3)=C(Br)C2=O)cc1. The number of rotatable bonds is 4. The molecule has 0 aromatic heterocycles. The summed E-state index contributed by atoms with van der Waals surface area (Å²) < 4.78 is 10.8. The molecular weight excluding hydrogens is 464 g/mol. The number of Topliss-reactive ketones (excluding diaryl/α,β-unsaturated/α-hetero) is 2. The highest BCUT2D eigenvalue weighted by Crippen LogP contribution is 2.40. The third kappa shape index (κ3) is 3.27. The van der Waals surface area contributed by atoms with Gasteiger partial charge in [-0.25, -0.2) is 0 Å². The monoisotopic (exact) mass is 476 g/mol. The smallest absolute Gasteiger partial charge is 0.202 e. The Bertz CT molecular complexity index is 859. The highest BCUT2D eigenvalue weighted by molar-refractivity contribution is 9.12. The second kappa shape index (κ2) is 7.60. The normalized spacial score (nSPS) is 14.8. The molecule has 0 saturated carbocycles. The van der Waals surface area contributed by atoms with E-state index < -0.39 is 0 Å². The molecule has 0 unspecified atom stereocenters. The number of halogens is 2. The molecule has 26 heavy (non-hydrogen) atoms. The fourth-order valence-electron chi connectivity index (χ4n) is 2.68. The molecule has 1 aliphatic rings. The number of carbonyl (C=O) groups is 2. The average molecular weight is 478 g/mol. The van der Waals surface area contributed by atoms with Gasteiger partial charge in [-0.3, -0.25) is 9.59 Å². The standard InChI is InChI=1S/C20H14Br2O4/c1-25-13-7-3-11(4-8-13)15-17(21)20(24)16(18(22)19(15)23)12-5-9-14(26-2)10-6-12/h3-10H,1-2H3. The van der Waals surface area contributed by atoms with Crippen LogP contribution in [0.2, 0.25) is 0 Å². The Morgan fingerprint density at radius 3 is 1.19 bits per heavy atom. The van der Waals surface area contributed by atoms with E-state index in [9.17, 15) is 9.59 Å². The summed E-state index contributed by atoms with van der Waals surface area (Å²) in [4.78, 5) is 25.9. The van der Waals surface area contributed by atoms with Crippen LogP contribution in [-0.2, 0) is 9.59 Å². The zero-order chi connectivity index (χ0) is 18.8. The molecule has 0 N–H and O–H groups in total. The van der Waals surface area contributed by atoms with Gasteiger partial charge in [0.25, 0.3) is 0 Å². The van der Waals surface area contributed by atoms with E-state index in [1.807, 2.05) is 0 Å². The van der Waals surface area contributed by atoms with Gasteiger partial charge in [0, 0.05) is 11.1 Å². The minimum atomic E-state index is -0.257. The summed E-state index contributed by atoms with van der Waals surface area (Å²) in [6, 6.07) is 14.0. The quantitative estimate of drug-likeness (QED) is 0.595. The molecule has 0 saturated heterocycles. The molecule has 0 spiro atoms. The van der Waals surface area contributed by atoms with Crippen molar-refractivity contribution in [2.45, 2.75) is 0 Å². The molecule has 6 heteroatoms. The molecule has 0 aliphatic heterocycles. The molecular formula is C20H14Br2O4. The first-order valence-corrected chi connectivity index (χ1v) is 9.24. The predicted molar refractivity (Wildman–Crippen MR) is 108 cm³/mol. The van der Waals surface area contributed by atoms with Gasteiger partial charge < -0.3 is 9.47 Å². The minimum absolute atomic E-state index is 0.238. The van der Waals surface area contributed by atoms with E-state index in [-0.39, 0.29) is 20.5 Å². The van der Waals surface area contributed by atoms with Crippen LogP contribution in [0.4, 0.5) is 0 Å². The molecule has 2 aromatic rings. The average Bonchev–Trinajstić information content (AvgIpc) is 2.68. The number of hydrogen-bond donors (Lipinski definition) is 0. The Morgan fingerprint density at radius 2 is 0.923 bits per heavy atom. The van der Waals surface area contributed by atoms with Crippen LogP contribution in [0, 0.1) is 0 Å². The minimum Gasteiger partial charge on any atom is -0.497 e. The van der Waals surface area contributed by atoms with Gasteiger partial charge in [0.1, 0.15) is 11.5 Å². The number of allylic oxidation sites excluding steroid dienone is 4. The first-order valence-electron chi connectivity index (χ1n) is 7.65. The van der Waals surface area contributed by atoms with Crippen molar-refractivity contribution < 1.29 is 19.1 Å². The molecule has 0 fully saturated rings. The van der Waals surface area contributed by atoms with Gasteiger partial charge in [0.2, 0.25) is 11.6 Å². The van der Waals surface area contributed by atoms with Crippen molar-refractivity contribution in [1.82, 2.24) is 0 Å². The second-order valence-corrected chi connectivity index (χ2v) is 7.08. The fourth-order valence-corrected chi connectivity index (χ4v) is 3.89. The molecule has 0 amide bonds. The van der Waals surface area contributed by atoms with Crippen molar-refractivity contribution in [2.24, 2.45) is 0 Å². The lowest BCUT2D eigenvalue weighted by Crippen LogP contribution is -2.18. The van der Waals surface area contributed by atoms with Crippen molar-refractivity contribution in [1.29, 1.82) is 0 Å². The molecule has 132 valence electrons. The van der Waals surface area contributed by atoms with Gasteiger partial charge >= 0.3 is 0 Å². The molecule has 0 bridgehead atoms. The van der Waals surface area contributed by atoms with E-state index in [0.29, 0.717) is 33.8 Å². The lowest BCUT2D eigenvalue weighted by molar-refractivity contribution is -0.113. The topological polar surface area (TPSA) is 52.6 Å². The number of ether oxygens (including phenoxy) is 2. The highest BCUT2D eigenvalue weighted by atomic mass is 79.9. The zero-order valence-corrected chi connectivity index (χ0v) is 17.2. The van der Waals surface area contributed by atoms with Crippen LogP contribution in [0.5, 0.6) is 11.5 Å². The Morgan fingerprint density at radius 1 is 0.615 bits per heavy atom. The summed E-state index contributed by atoms with van der Waals surface area (Å²) in [6.07, 6.45) is 0. The van der Waals surface area contributed by atoms with Crippen LogP contribution in [0.3, 0.4) is 0 Å². The van der Waals surface area contributed by atoms with Crippen LogP contribution in [-0.4, -0.2) is 25.8 Å². The first kappa shape index (κ1) is 18.6. The van der Waals surface area contributed by atoms with Crippen molar-refractivity contribution in [3.63, 3.8) is 0 Å². The molecule has 4 nitrogen and oxygen atoms in total. The number of ketones is 2. The molecule has 0 atom stereocenters. The van der Waals surface area contributed by atoms with Gasteiger partial charge in [-0.2, -0.15) is 0 Å². The summed E-state index contributed by atoms with van der Waals surface area (Å²) in [5.41, 5.74) is 1.92. The van der Waals surface area contributed by atoms with E-state index in [0.717, 1.165) is 0 Å². The van der Waals surface area contributed by atoms with E-state index >= 15 is 0 Å². The van der Waals surface area contributed by atoms with E-state index in [1.165, 1.54) is 0 Å². The van der Waals surface area contributed by atoms with Crippen molar-refractivity contribution in [3.8, 4) is 11.5 Å². The highest BCUT2D eigenvalue weighted by Gasteiger charge is 2.33. The van der Waals surface area contributed by atoms with Crippen molar-refractivity contribution in [2.75, 3.05) is 14.2 Å². The molecule has 0 heterocycles. The Hall–Kier alpha value is -2.18. The van der Waals surface area contributed by atoms with E-state index in [4.69, 9.17) is 9.47 Å². The van der Waals surface area contributed by atoms with Gasteiger partial charge in [-0.1, -0.05) is 24.3 Å². The van der Waals surface area contributed by atoms with Crippen LogP contribution in [0.1, 0.15) is 11.1 Å². The Kier molecular flexibility index (Phi) is 5.44. The lowest BCUT2D eigenvalue weighted by atomic mass is 9.89. The molecule has 1 aliphatic carbocycles. The van der Waals surface area contributed by atoms with Gasteiger partial charge in [0.15, 0.2) is 0 Å². The third-order valence-electron chi connectivity index (χ3n) is 4.05. The van der Waals surface area contributed by atoms with Gasteiger partial charge in [-0.05, 0) is 67.3 Å². The van der Waals surface area contributed by atoms with Crippen molar-refractivity contribution >= 4 is 54.6 Å². The molecule has 2 aromatic carbocycles. The van der Waals surface area contributed by atoms with Crippen molar-refractivity contribution in [3.05, 3.63) is 68.6 Å². The van der Waals surface area contributed by atoms with Gasteiger partial charge in [0.05, 0.1) is 23.2 Å². The Labute approximate surface area is 167 Å². The Balaban J connectivity index is 2.06. The van der Waals surface area contributed by atoms with Crippen LogP contribution < -0.4 is 9.47 Å². The van der Waals surface area contributed by atoms with Crippen LogP contribution in [0.25, 0.3) is 11.1 Å². The molecule has 0 radical (unpaired) electrons. The van der Waals surface area contributed by atoms with E-state index in [1.54, 1.807) is 62.8 Å². The number of hydrogen-bond acceptors (Lipinski definition) is 4. The maximum absolute atomic E-state index is 12.9. The predicted octanol–water partition coefficient (Wildman–Crippen LogP) is 4.77. The summed E-state index contributed by atoms with van der Waals surface area (Å²) in [6.45, 7) is 0. The first-order chi connectivity index (χ1) is 12.5.